The molecule has 3 heteroatoms. The van der Waals surface area contributed by atoms with Crippen LogP contribution in [0.1, 0.15) is 36.6 Å². The largest absolute Gasteiger partial charge is 0.370 e. The van der Waals surface area contributed by atoms with Crippen molar-refractivity contribution in [3.63, 3.8) is 0 Å². The zero-order chi connectivity index (χ0) is 34.3. The fraction of sp³-hybridized carbons (Fsp3) is 0.104. The minimum absolute atomic E-state index is 0.128. The van der Waals surface area contributed by atoms with Gasteiger partial charge >= 0.3 is 0 Å². The number of hydrogen-bond donors (Lipinski definition) is 0. The van der Waals surface area contributed by atoms with Crippen LogP contribution >= 0.6 is 0 Å². The Balaban J connectivity index is 1.26. The van der Waals surface area contributed by atoms with Gasteiger partial charge in [-0.25, -0.2) is 0 Å². The highest BCUT2D eigenvalue weighted by atomic mass is 15.1. The lowest BCUT2D eigenvalue weighted by Crippen LogP contribution is -2.18. The van der Waals surface area contributed by atoms with Crippen LogP contribution in [-0.2, 0) is 5.41 Å². The predicted octanol–water partition coefficient (Wildman–Crippen LogP) is 12.0. The molecule has 244 valence electrons. The second kappa shape index (κ2) is 11.2. The Morgan fingerprint density at radius 3 is 2.29 bits per heavy atom. The van der Waals surface area contributed by atoms with Crippen LogP contribution in [0.2, 0.25) is 0 Å². The van der Waals surface area contributed by atoms with E-state index in [4.69, 9.17) is 4.98 Å². The maximum absolute atomic E-state index is 4.85. The summed E-state index contributed by atoms with van der Waals surface area (Å²) in [6, 6.07) is 49.4. The van der Waals surface area contributed by atoms with E-state index in [0.717, 1.165) is 16.5 Å². The first-order valence-electron chi connectivity index (χ1n) is 17.8. The van der Waals surface area contributed by atoms with Crippen LogP contribution in [0.5, 0.6) is 0 Å². The zero-order valence-corrected chi connectivity index (χ0v) is 29.0. The maximum atomic E-state index is 4.85. The summed E-state index contributed by atoms with van der Waals surface area (Å²) in [5.74, 6) is 0. The average Bonchev–Trinajstić information content (AvgIpc) is 3.63. The molecule has 10 rings (SSSR count). The first-order chi connectivity index (χ1) is 25.0. The number of allylic oxidation sites excluding steroid dienone is 2. The fourth-order valence-electron chi connectivity index (χ4n) is 8.83. The van der Waals surface area contributed by atoms with E-state index in [1.54, 1.807) is 0 Å². The molecule has 1 unspecified atom stereocenters. The van der Waals surface area contributed by atoms with Crippen molar-refractivity contribution in [3.8, 4) is 39.1 Å². The van der Waals surface area contributed by atoms with Crippen LogP contribution in [-0.4, -0.2) is 21.5 Å². The van der Waals surface area contributed by atoms with Crippen molar-refractivity contribution in [1.29, 1.82) is 0 Å². The molecule has 1 aliphatic heterocycles. The number of fused-ring (bicyclic) bond motifs is 8. The number of pyridine rings is 1. The molecule has 3 nitrogen and oxygen atoms in total. The predicted molar refractivity (Wildman–Crippen MR) is 213 cm³/mol. The van der Waals surface area contributed by atoms with Gasteiger partial charge in [-0.1, -0.05) is 105 Å². The summed E-state index contributed by atoms with van der Waals surface area (Å²) in [5.41, 5.74) is 16.0. The highest BCUT2D eigenvalue weighted by Gasteiger charge is 2.38. The van der Waals surface area contributed by atoms with Gasteiger partial charge in [-0.2, -0.15) is 0 Å². The van der Waals surface area contributed by atoms with E-state index < -0.39 is 0 Å². The van der Waals surface area contributed by atoms with E-state index in [9.17, 15) is 0 Å². The molecular formula is C48H37N3. The lowest BCUT2D eigenvalue weighted by atomic mass is 9.80. The van der Waals surface area contributed by atoms with Gasteiger partial charge in [0.15, 0.2) is 0 Å². The van der Waals surface area contributed by atoms with Crippen LogP contribution in [0.25, 0.3) is 71.8 Å². The number of aromatic nitrogens is 2. The molecule has 1 atom stereocenters. The molecule has 0 spiro atoms. The van der Waals surface area contributed by atoms with E-state index in [1.807, 2.05) is 12.3 Å². The van der Waals surface area contributed by atoms with Crippen molar-refractivity contribution < 1.29 is 0 Å². The summed E-state index contributed by atoms with van der Waals surface area (Å²) in [6.07, 6.45) is 10.6. The Morgan fingerprint density at radius 1 is 0.627 bits per heavy atom. The molecule has 2 aromatic heterocycles. The molecular weight excluding hydrogens is 619 g/mol. The first-order valence-corrected chi connectivity index (χ1v) is 17.8. The molecule has 0 radical (unpaired) electrons. The van der Waals surface area contributed by atoms with Crippen LogP contribution in [0, 0.1) is 0 Å². The Labute approximate surface area is 298 Å². The molecule has 0 amide bonds. The molecule has 0 N–H and O–H groups in total. The summed E-state index contributed by atoms with van der Waals surface area (Å²) in [6.45, 7) is 4.78. The van der Waals surface area contributed by atoms with Crippen molar-refractivity contribution >= 4 is 32.7 Å². The van der Waals surface area contributed by atoms with Crippen LogP contribution < -0.4 is 0 Å². The van der Waals surface area contributed by atoms with E-state index in [0.29, 0.717) is 0 Å². The molecule has 0 fully saturated rings. The minimum Gasteiger partial charge on any atom is -0.370 e. The lowest BCUT2D eigenvalue weighted by Gasteiger charge is -2.27. The van der Waals surface area contributed by atoms with Gasteiger partial charge in [0.2, 0.25) is 0 Å². The lowest BCUT2D eigenvalue weighted by molar-refractivity contribution is 0.390. The Kier molecular flexibility index (Phi) is 6.50. The first kappa shape index (κ1) is 29.7. The van der Waals surface area contributed by atoms with Gasteiger partial charge < -0.3 is 9.47 Å². The van der Waals surface area contributed by atoms with Gasteiger partial charge in [0, 0.05) is 46.1 Å². The molecule has 2 aliphatic rings. The molecule has 1 aliphatic carbocycles. The van der Waals surface area contributed by atoms with Crippen molar-refractivity contribution in [1.82, 2.24) is 14.5 Å². The normalized spacial score (nSPS) is 15.9. The molecule has 0 saturated carbocycles. The number of rotatable bonds is 4. The summed E-state index contributed by atoms with van der Waals surface area (Å²) in [4.78, 5) is 7.13. The van der Waals surface area contributed by atoms with Gasteiger partial charge in [0.1, 0.15) is 0 Å². The monoisotopic (exact) mass is 655 g/mol. The van der Waals surface area contributed by atoms with Gasteiger partial charge in [-0.05, 0) is 111 Å². The molecule has 0 saturated heterocycles. The van der Waals surface area contributed by atoms with Gasteiger partial charge in [0.25, 0.3) is 0 Å². The highest BCUT2D eigenvalue weighted by Crippen LogP contribution is 2.53. The Bertz CT molecular complexity index is 2740. The van der Waals surface area contributed by atoms with Crippen LogP contribution in [0.15, 0.2) is 164 Å². The number of benzene rings is 6. The van der Waals surface area contributed by atoms with Crippen molar-refractivity contribution in [2.75, 3.05) is 7.05 Å². The van der Waals surface area contributed by atoms with Gasteiger partial charge in [0.05, 0.1) is 22.6 Å². The topological polar surface area (TPSA) is 21.1 Å². The molecule has 0 bridgehead atoms. The molecule has 51 heavy (non-hydrogen) atoms. The second-order valence-corrected chi connectivity index (χ2v) is 14.5. The van der Waals surface area contributed by atoms with E-state index >= 15 is 0 Å². The second-order valence-electron chi connectivity index (χ2n) is 14.5. The fourth-order valence-corrected chi connectivity index (χ4v) is 8.83. The summed E-state index contributed by atoms with van der Waals surface area (Å²) >= 11 is 0. The summed E-state index contributed by atoms with van der Waals surface area (Å²) in [7, 11) is 2.15. The number of likely N-dealkylation sites (N-methyl/N-ethyl adjacent to an activating group) is 1. The van der Waals surface area contributed by atoms with Crippen LogP contribution in [0.3, 0.4) is 0 Å². The minimum atomic E-state index is -0.142. The third kappa shape index (κ3) is 4.48. The summed E-state index contributed by atoms with van der Waals surface area (Å²) < 4.78 is 2.45. The van der Waals surface area contributed by atoms with Gasteiger partial charge in [-0.15, -0.1) is 0 Å². The number of para-hydroxylation sites is 2. The van der Waals surface area contributed by atoms with Crippen molar-refractivity contribution in [2.45, 2.75) is 25.3 Å². The Hall–Kier alpha value is -6.19. The SMILES string of the molecule is CN1C=CC=CC1c1cc(-c2ccc3c(c2)c2c4c(ccc2n3-c2ccccc2)-c2ccccc2C4(C)C)cc(-c2cccc3cccnc23)c1. The average molecular weight is 656 g/mol. The molecule has 8 aromatic rings. The zero-order valence-electron chi connectivity index (χ0n) is 29.0. The number of nitrogens with zero attached hydrogens (tertiary/aromatic N) is 3. The molecule has 6 aromatic carbocycles. The number of hydrogen-bond acceptors (Lipinski definition) is 2. The Morgan fingerprint density at radius 2 is 1.41 bits per heavy atom. The van der Waals surface area contributed by atoms with Crippen molar-refractivity contribution in [3.05, 3.63) is 181 Å². The third-order valence-electron chi connectivity index (χ3n) is 11.2. The maximum Gasteiger partial charge on any atom is 0.0780 e. The summed E-state index contributed by atoms with van der Waals surface area (Å²) in [5, 5.41) is 3.76. The van der Waals surface area contributed by atoms with E-state index in [1.165, 1.54) is 72.0 Å². The van der Waals surface area contributed by atoms with Gasteiger partial charge in [-0.3, -0.25) is 4.98 Å². The third-order valence-corrected chi connectivity index (χ3v) is 11.2. The standard InChI is InChI=1S/C48H37N3/c1-48(2)41-19-8-7-17-38(41)39-22-24-44-45(46(39)48)40-30-32(21-23-43(40)51(44)36-15-5-4-6-16-36)33-27-34(29-35(28-33)42-20-9-10-26-50(42)3)37-18-11-13-31-14-12-25-49-47(31)37/h4-30,42H,1-3H3. The quantitative estimate of drug-likeness (QED) is 0.188. The highest BCUT2D eigenvalue weighted by molar-refractivity contribution is 6.15. The van der Waals surface area contributed by atoms with E-state index in [-0.39, 0.29) is 11.5 Å². The van der Waals surface area contributed by atoms with Crippen LogP contribution in [0.4, 0.5) is 0 Å². The van der Waals surface area contributed by atoms with E-state index in [2.05, 4.69) is 182 Å². The molecule has 3 heterocycles. The smallest absolute Gasteiger partial charge is 0.0780 e. The van der Waals surface area contributed by atoms with Crippen molar-refractivity contribution in [2.24, 2.45) is 0 Å².